The van der Waals surface area contributed by atoms with E-state index in [1.807, 2.05) is 72.8 Å². The lowest BCUT2D eigenvalue weighted by Crippen LogP contribution is -2.27. The first-order chi connectivity index (χ1) is 15.2. The van der Waals surface area contributed by atoms with Crippen molar-refractivity contribution in [1.82, 2.24) is 4.98 Å². The number of hydrogen-bond acceptors (Lipinski definition) is 5. The summed E-state index contributed by atoms with van der Waals surface area (Å²) in [6, 6.07) is 26.1. The zero-order valence-electron chi connectivity index (χ0n) is 16.3. The number of aromatic amines is 1. The molecule has 1 aromatic heterocycles. The summed E-state index contributed by atoms with van der Waals surface area (Å²) < 4.78 is 11.7. The third-order valence-electron chi connectivity index (χ3n) is 5.25. The molecule has 31 heavy (non-hydrogen) atoms. The monoisotopic (exact) mass is 407 g/mol. The van der Waals surface area contributed by atoms with Gasteiger partial charge in [-0.3, -0.25) is 4.79 Å². The van der Waals surface area contributed by atoms with E-state index < -0.39 is 5.92 Å². The van der Waals surface area contributed by atoms with Gasteiger partial charge in [-0.05, 0) is 42.0 Å². The Morgan fingerprint density at radius 2 is 1.71 bits per heavy atom. The first kappa shape index (κ1) is 18.5. The quantitative estimate of drug-likeness (QED) is 0.519. The number of nitrogens with two attached hydrogens (primary N) is 1. The van der Waals surface area contributed by atoms with Crippen molar-refractivity contribution in [3.05, 3.63) is 112 Å². The number of fused-ring (bicyclic) bond motifs is 3. The second kappa shape index (κ2) is 7.39. The van der Waals surface area contributed by atoms with Crippen LogP contribution in [0.5, 0.6) is 17.2 Å². The molecule has 4 aromatic rings. The highest BCUT2D eigenvalue weighted by molar-refractivity contribution is 5.87. The third-order valence-corrected chi connectivity index (χ3v) is 5.25. The number of aromatic nitrogens is 1. The Balaban J connectivity index is 1.69. The van der Waals surface area contributed by atoms with Gasteiger partial charge in [-0.1, -0.05) is 42.5 Å². The van der Waals surface area contributed by atoms with Crippen LogP contribution in [0.25, 0.3) is 10.9 Å². The molecule has 0 radical (unpaired) electrons. The number of rotatable bonds is 3. The topological polar surface area (TPSA) is 101 Å². The fourth-order valence-corrected chi connectivity index (χ4v) is 3.89. The van der Waals surface area contributed by atoms with Crippen LogP contribution in [0.3, 0.4) is 0 Å². The number of allylic oxidation sites excluding steroid dienone is 1. The Morgan fingerprint density at radius 1 is 0.968 bits per heavy atom. The van der Waals surface area contributed by atoms with Crippen molar-refractivity contribution in [2.24, 2.45) is 5.73 Å². The first-order valence-corrected chi connectivity index (χ1v) is 9.71. The molecule has 3 N–H and O–H groups in total. The zero-order chi connectivity index (χ0) is 21.4. The zero-order valence-corrected chi connectivity index (χ0v) is 16.3. The normalized spacial score (nSPS) is 15.1. The Bertz CT molecular complexity index is 1430. The summed E-state index contributed by atoms with van der Waals surface area (Å²) in [6.07, 6.45) is 0. The SMILES string of the molecule is N#CC1=C(N)Oc2c(c(=O)[nH]c3ccccc23)[C@@H]1c1cccc(Oc2ccccc2)c1. The summed E-state index contributed by atoms with van der Waals surface area (Å²) >= 11 is 0. The molecule has 1 atom stereocenters. The number of para-hydroxylation sites is 2. The summed E-state index contributed by atoms with van der Waals surface area (Å²) in [7, 11) is 0. The number of pyridine rings is 1. The maximum absolute atomic E-state index is 13.1. The van der Waals surface area contributed by atoms with Crippen molar-refractivity contribution >= 4 is 10.9 Å². The maximum atomic E-state index is 13.1. The van der Waals surface area contributed by atoms with Crippen LogP contribution < -0.4 is 20.8 Å². The van der Waals surface area contributed by atoms with Gasteiger partial charge in [0.05, 0.1) is 17.0 Å². The number of nitriles is 1. The molecule has 0 spiro atoms. The van der Waals surface area contributed by atoms with Crippen LogP contribution in [0, 0.1) is 11.3 Å². The number of nitrogens with one attached hydrogen (secondary N) is 1. The molecule has 5 rings (SSSR count). The van der Waals surface area contributed by atoms with Crippen LogP contribution in [-0.2, 0) is 0 Å². The van der Waals surface area contributed by atoms with Gasteiger partial charge in [0.25, 0.3) is 5.56 Å². The van der Waals surface area contributed by atoms with E-state index in [0.29, 0.717) is 33.9 Å². The molecule has 0 unspecified atom stereocenters. The third kappa shape index (κ3) is 3.18. The lowest BCUT2D eigenvalue weighted by Gasteiger charge is -2.26. The van der Waals surface area contributed by atoms with Crippen LogP contribution in [0.2, 0.25) is 0 Å². The van der Waals surface area contributed by atoms with E-state index in [2.05, 4.69) is 11.1 Å². The number of hydrogen-bond donors (Lipinski definition) is 2. The van der Waals surface area contributed by atoms with E-state index in [0.717, 1.165) is 5.39 Å². The first-order valence-electron chi connectivity index (χ1n) is 9.71. The average molecular weight is 407 g/mol. The van der Waals surface area contributed by atoms with Gasteiger partial charge in [0.15, 0.2) is 0 Å². The largest absolute Gasteiger partial charge is 0.457 e. The lowest BCUT2D eigenvalue weighted by atomic mass is 9.83. The molecule has 0 aliphatic carbocycles. The molecule has 6 nitrogen and oxygen atoms in total. The van der Waals surface area contributed by atoms with Gasteiger partial charge in [-0.15, -0.1) is 0 Å². The van der Waals surface area contributed by atoms with Crippen molar-refractivity contribution in [1.29, 1.82) is 5.26 Å². The average Bonchev–Trinajstić information content (AvgIpc) is 2.79. The van der Waals surface area contributed by atoms with Crippen LogP contribution in [0.1, 0.15) is 17.0 Å². The molecule has 150 valence electrons. The van der Waals surface area contributed by atoms with E-state index in [4.69, 9.17) is 15.2 Å². The minimum Gasteiger partial charge on any atom is -0.457 e. The Morgan fingerprint density at radius 3 is 2.52 bits per heavy atom. The minimum atomic E-state index is -0.679. The molecule has 6 heteroatoms. The van der Waals surface area contributed by atoms with Gasteiger partial charge >= 0.3 is 0 Å². The Kier molecular flexibility index (Phi) is 4.42. The molecule has 1 aliphatic rings. The number of H-pyrrole nitrogens is 1. The summed E-state index contributed by atoms with van der Waals surface area (Å²) in [6.45, 7) is 0. The molecule has 2 heterocycles. The van der Waals surface area contributed by atoms with Crippen molar-refractivity contribution < 1.29 is 9.47 Å². The molecule has 0 saturated carbocycles. The summed E-state index contributed by atoms with van der Waals surface area (Å²) in [5.74, 6) is 0.957. The second-order valence-corrected chi connectivity index (χ2v) is 7.15. The number of nitrogens with zero attached hydrogens (tertiary/aromatic N) is 1. The van der Waals surface area contributed by atoms with E-state index in [9.17, 15) is 10.1 Å². The second-order valence-electron chi connectivity index (χ2n) is 7.15. The van der Waals surface area contributed by atoms with Gasteiger partial charge in [0.2, 0.25) is 5.88 Å². The predicted octanol–water partition coefficient (Wildman–Crippen LogP) is 4.54. The molecule has 0 bridgehead atoms. The van der Waals surface area contributed by atoms with E-state index >= 15 is 0 Å². The van der Waals surface area contributed by atoms with Gasteiger partial charge < -0.3 is 20.2 Å². The Hall–Kier alpha value is -4.50. The van der Waals surface area contributed by atoms with E-state index in [1.54, 1.807) is 6.07 Å². The standard InChI is InChI=1S/C25H17N3O3/c26-14-19-21(15-7-6-10-17(13-15)30-16-8-2-1-3-9-16)22-23(31-24(19)27)18-11-4-5-12-20(18)28-25(22)29/h1-13,21H,27H2,(H,28,29)/t21-/m1/s1. The highest BCUT2D eigenvalue weighted by Gasteiger charge is 2.34. The van der Waals surface area contributed by atoms with Crippen LogP contribution in [-0.4, -0.2) is 4.98 Å². The molecule has 0 saturated heterocycles. The lowest BCUT2D eigenvalue weighted by molar-refractivity contribution is 0.396. The minimum absolute atomic E-state index is 0.00914. The summed E-state index contributed by atoms with van der Waals surface area (Å²) in [5.41, 5.74) is 7.68. The molecule has 3 aromatic carbocycles. The fourth-order valence-electron chi connectivity index (χ4n) is 3.89. The van der Waals surface area contributed by atoms with Crippen molar-refractivity contribution in [2.75, 3.05) is 0 Å². The highest BCUT2D eigenvalue weighted by Crippen LogP contribution is 2.43. The molecule has 0 fully saturated rings. The number of benzene rings is 3. The van der Waals surface area contributed by atoms with Crippen LogP contribution >= 0.6 is 0 Å². The van der Waals surface area contributed by atoms with E-state index in [-0.39, 0.29) is 17.0 Å². The number of ether oxygens (including phenoxy) is 2. The van der Waals surface area contributed by atoms with Gasteiger partial charge in [-0.2, -0.15) is 5.26 Å². The predicted molar refractivity (Wildman–Crippen MR) is 117 cm³/mol. The van der Waals surface area contributed by atoms with Gasteiger partial charge in [-0.25, -0.2) is 0 Å². The Labute approximate surface area is 177 Å². The van der Waals surface area contributed by atoms with Crippen molar-refractivity contribution in [3.8, 4) is 23.3 Å². The van der Waals surface area contributed by atoms with Crippen LogP contribution in [0.15, 0.2) is 95.1 Å². The highest BCUT2D eigenvalue weighted by atomic mass is 16.5. The smallest absolute Gasteiger partial charge is 0.256 e. The summed E-state index contributed by atoms with van der Waals surface area (Å²) in [4.78, 5) is 16.0. The molecule has 0 amide bonds. The van der Waals surface area contributed by atoms with Crippen molar-refractivity contribution in [3.63, 3.8) is 0 Å². The van der Waals surface area contributed by atoms with Crippen LogP contribution in [0.4, 0.5) is 0 Å². The molecular formula is C25H17N3O3. The van der Waals surface area contributed by atoms with Gasteiger partial charge in [0.1, 0.15) is 28.9 Å². The molecular weight excluding hydrogens is 390 g/mol. The van der Waals surface area contributed by atoms with E-state index in [1.165, 1.54) is 0 Å². The fraction of sp³-hybridized carbons (Fsp3) is 0.0400. The van der Waals surface area contributed by atoms with Crippen molar-refractivity contribution in [2.45, 2.75) is 5.92 Å². The summed E-state index contributed by atoms with van der Waals surface area (Å²) in [5, 5.41) is 10.5. The maximum Gasteiger partial charge on any atom is 0.256 e. The van der Waals surface area contributed by atoms with Gasteiger partial charge in [0, 0.05) is 5.39 Å². The molecule has 1 aliphatic heterocycles.